The summed E-state index contributed by atoms with van der Waals surface area (Å²) in [5, 5.41) is 3.90. The first-order valence-electron chi connectivity index (χ1n) is 5.83. The molecule has 0 amide bonds. The third-order valence-electron chi connectivity index (χ3n) is 2.44. The van der Waals surface area contributed by atoms with Gasteiger partial charge in [-0.25, -0.2) is 0 Å². The van der Waals surface area contributed by atoms with E-state index in [1.807, 2.05) is 31.3 Å². The second kappa shape index (κ2) is 9.58. The van der Waals surface area contributed by atoms with Crippen molar-refractivity contribution >= 4 is 24.0 Å². The van der Waals surface area contributed by atoms with E-state index in [-0.39, 0.29) is 12.4 Å². The van der Waals surface area contributed by atoms with Gasteiger partial charge >= 0.3 is 0 Å². The van der Waals surface area contributed by atoms with Gasteiger partial charge in [0.05, 0.1) is 6.10 Å². The predicted octanol–water partition coefficient (Wildman–Crippen LogP) is 3.92. The molecule has 0 saturated carbocycles. The van der Waals surface area contributed by atoms with Crippen LogP contribution in [0.25, 0.3) is 0 Å². The van der Waals surface area contributed by atoms with Crippen LogP contribution < -0.4 is 10.1 Å². The monoisotopic (exact) mass is 277 g/mol. The second-order valence-corrected chi connectivity index (χ2v) is 4.31. The average Bonchev–Trinajstić information content (AvgIpc) is 2.29. The van der Waals surface area contributed by atoms with Gasteiger partial charge in [-0.2, -0.15) is 0 Å². The van der Waals surface area contributed by atoms with Crippen LogP contribution in [0.4, 0.5) is 0 Å². The van der Waals surface area contributed by atoms with Gasteiger partial charge in [0.1, 0.15) is 5.75 Å². The van der Waals surface area contributed by atoms with E-state index in [9.17, 15) is 0 Å². The lowest BCUT2D eigenvalue weighted by molar-refractivity contribution is 0.180. The Morgan fingerprint density at radius 3 is 2.41 bits per heavy atom. The Balaban J connectivity index is 0.00000256. The summed E-state index contributed by atoms with van der Waals surface area (Å²) in [5.74, 6) is 0.902. The molecule has 1 aromatic rings. The van der Waals surface area contributed by atoms with Gasteiger partial charge in [-0.05, 0) is 50.7 Å². The van der Waals surface area contributed by atoms with E-state index < -0.39 is 0 Å². The summed E-state index contributed by atoms with van der Waals surface area (Å²) in [6.07, 6.45) is 3.55. The van der Waals surface area contributed by atoms with E-state index in [4.69, 9.17) is 16.3 Å². The molecule has 1 N–H and O–H groups in total. The van der Waals surface area contributed by atoms with Gasteiger partial charge in [0.25, 0.3) is 0 Å². The molecule has 4 heteroatoms. The third kappa shape index (κ3) is 6.77. The van der Waals surface area contributed by atoms with Gasteiger partial charge in [0.15, 0.2) is 0 Å². The molecule has 0 aliphatic carbocycles. The van der Waals surface area contributed by atoms with Gasteiger partial charge in [-0.1, -0.05) is 24.9 Å². The molecule has 0 radical (unpaired) electrons. The molecule has 17 heavy (non-hydrogen) atoms. The lowest BCUT2D eigenvalue weighted by Crippen LogP contribution is -2.22. The van der Waals surface area contributed by atoms with Crippen molar-refractivity contribution in [3.63, 3.8) is 0 Å². The van der Waals surface area contributed by atoms with Gasteiger partial charge < -0.3 is 10.1 Å². The van der Waals surface area contributed by atoms with Crippen LogP contribution in [0.15, 0.2) is 24.3 Å². The largest absolute Gasteiger partial charge is 0.490 e. The van der Waals surface area contributed by atoms with Crippen molar-refractivity contribution in [1.29, 1.82) is 0 Å². The molecule has 0 bridgehead atoms. The number of benzene rings is 1. The molecular weight excluding hydrogens is 257 g/mol. The SMILES string of the molecule is CCCC(CCNC)Oc1ccc(Cl)cc1.Cl. The minimum Gasteiger partial charge on any atom is -0.490 e. The Labute approximate surface area is 115 Å². The summed E-state index contributed by atoms with van der Waals surface area (Å²) >= 11 is 5.83. The first-order valence-corrected chi connectivity index (χ1v) is 6.21. The summed E-state index contributed by atoms with van der Waals surface area (Å²) in [6, 6.07) is 7.56. The Kier molecular flexibility index (Phi) is 9.33. The van der Waals surface area contributed by atoms with Gasteiger partial charge in [0, 0.05) is 5.02 Å². The van der Waals surface area contributed by atoms with E-state index in [0.29, 0.717) is 6.10 Å². The first kappa shape index (κ1) is 16.6. The lowest BCUT2D eigenvalue weighted by Gasteiger charge is -2.18. The average molecular weight is 278 g/mol. The Hall–Kier alpha value is -0.440. The maximum absolute atomic E-state index is 5.91. The van der Waals surface area contributed by atoms with E-state index in [1.165, 1.54) is 0 Å². The number of rotatable bonds is 7. The van der Waals surface area contributed by atoms with Crippen LogP contribution in [0, 0.1) is 0 Å². The Bertz CT molecular complexity index is 290. The highest BCUT2D eigenvalue weighted by Crippen LogP contribution is 2.19. The predicted molar refractivity (Wildman–Crippen MR) is 76.6 cm³/mol. The molecule has 1 rings (SSSR count). The first-order chi connectivity index (χ1) is 7.76. The van der Waals surface area contributed by atoms with Crippen LogP contribution in [0.1, 0.15) is 26.2 Å². The van der Waals surface area contributed by atoms with Crippen molar-refractivity contribution in [2.45, 2.75) is 32.3 Å². The summed E-state index contributed by atoms with van der Waals surface area (Å²) in [4.78, 5) is 0. The molecule has 0 aliphatic rings. The molecule has 0 fully saturated rings. The van der Waals surface area contributed by atoms with Gasteiger partial charge in [-0.15, -0.1) is 12.4 Å². The van der Waals surface area contributed by atoms with Gasteiger partial charge in [0.2, 0.25) is 0 Å². The summed E-state index contributed by atoms with van der Waals surface area (Å²) in [5.41, 5.74) is 0. The van der Waals surface area contributed by atoms with E-state index >= 15 is 0 Å². The summed E-state index contributed by atoms with van der Waals surface area (Å²) < 4.78 is 5.91. The molecule has 0 aliphatic heterocycles. The fourth-order valence-corrected chi connectivity index (χ4v) is 1.72. The van der Waals surface area contributed by atoms with Crippen molar-refractivity contribution in [2.24, 2.45) is 0 Å². The summed E-state index contributed by atoms with van der Waals surface area (Å²) in [7, 11) is 1.96. The van der Waals surface area contributed by atoms with Crippen LogP contribution in [0.5, 0.6) is 5.75 Å². The molecule has 1 unspecified atom stereocenters. The topological polar surface area (TPSA) is 21.3 Å². The molecule has 98 valence electrons. The van der Waals surface area contributed by atoms with E-state index in [2.05, 4.69) is 12.2 Å². The quantitative estimate of drug-likeness (QED) is 0.816. The smallest absolute Gasteiger partial charge is 0.119 e. The highest BCUT2D eigenvalue weighted by atomic mass is 35.5. The molecule has 0 spiro atoms. The standard InChI is InChI=1S/C13H20ClNO.ClH/c1-3-4-12(9-10-15-2)16-13-7-5-11(14)6-8-13;/h5-8,12,15H,3-4,9-10H2,1-2H3;1H. The minimum atomic E-state index is 0. The zero-order valence-electron chi connectivity index (χ0n) is 10.4. The van der Waals surface area contributed by atoms with Crippen LogP contribution in [-0.4, -0.2) is 19.7 Å². The van der Waals surface area contributed by atoms with Crippen LogP contribution >= 0.6 is 24.0 Å². The normalized spacial score (nSPS) is 11.7. The number of ether oxygens (including phenoxy) is 1. The van der Waals surface area contributed by atoms with Crippen molar-refractivity contribution in [3.8, 4) is 5.75 Å². The number of halogens is 2. The second-order valence-electron chi connectivity index (χ2n) is 3.87. The van der Waals surface area contributed by atoms with Crippen molar-refractivity contribution in [2.75, 3.05) is 13.6 Å². The maximum atomic E-state index is 5.91. The fourth-order valence-electron chi connectivity index (χ4n) is 1.60. The van der Waals surface area contributed by atoms with Crippen molar-refractivity contribution in [3.05, 3.63) is 29.3 Å². The molecule has 1 aromatic carbocycles. The number of nitrogens with one attached hydrogen (secondary N) is 1. The van der Waals surface area contributed by atoms with Crippen LogP contribution in [0.2, 0.25) is 5.02 Å². The van der Waals surface area contributed by atoms with Crippen molar-refractivity contribution in [1.82, 2.24) is 5.32 Å². The van der Waals surface area contributed by atoms with Crippen molar-refractivity contribution < 1.29 is 4.74 Å². The molecule has 1 atom stereocenters. The third-order valence-corrected chi connectivity index (χ3v) is 2.70. The van der Waals surface area contributed by atoms with Gasteiger partial charge in [-0.3, -0.25) is 0 Å². The van der Waals surface area contributed by atoms with Crippen LogP contribution in [0.3, 0.4) is 0 Å². The number of hydrogen-bond donors (Lipinski definition) is 1. The molecule has 0 aromatic heterocycles. The summed E-state index contributed by atoms with van der Waals surface area (Å²) in [6.45, 7) is 3.16. The fraction of sp³-hybridized carbons (Fsp3) is 0.538. The lowest BCUT2D eigenvalue weighted by atomic mass is 10.1. The highest BCUT2D eigenvalue weighted by molar-refractivity contribution is 6.30. The van der Waals surface area contributed by atoms with Crippen LogP contribution in [-0.2, 0) is 0 Å². The molecule has 2 nitrogen and oxygen atoms in total. The minimum absolute atomic E-state index is 0. The van der Waals surface area contributed by atoms with E-state index in [0.717, 1.165) is 36.6 Å². The van der Waals surface area contributed by atoms with E-state index in [1.54, 1.807) is 0 Å². The molecule has 0 saturated heterocycles. The molecule has 0 heterocycles. The zero-order valence-corrected chi connectivity index (χ0v) is 12.0. The highest BCUT2D eigenvalue weighted by Gasteiger charge is 2.08. The zero-order chi connectivity index (χ0) is 11.8. The molecular formula is C13H21Cl2NO. The maximum Gasteiger partial charge on any atom is 0.119 e. The Morgan fingerprint density at radius 2 is 1.88 bits per heavy atom. The number of hydrogen-bond acceptors (Lipinski definition) is 2. The Morgan fingerprint density at radius 1 is 1.24 bits per heavy atom.